The van der Waals surface area contributed by atoms with Crippen LogP contribution in [-0.4, -0.2) is 43.7 Å². The predicted molar refractivity (Wildman–Crippen MR) is 73.8 cm³/mol. The summed E-state index contributed by atoms with van der Waals surface area (Å²) in [5, 5.41) is 0. The van der Waals surface area contributed by atoms with Gasteiger partial charge in [0.25, 0.3) is 5.78 Å². The fraction of sp³-hybridized carbons (Fsp3) is 0.467. The van der Waals surface area contributed by atoms with Gasteiger partial charge in [-0.1, -0.05) is 12.1 Å². The fourth-order valence-corrected chi connectivity index (χ4v) is 3.15. The Morgan fingerprint density at radius 2 is 1.85 bits per heavy atom. The van der Waals surface area contributed by atoms with Crippen LogP contribution in [0.3, 0.4) is 0 Å². The molecule has 0 aromatic heterocycles. The molecule has 2 atom stereocenters. The molecule has 3 rings (SSSR count). The van der Waals surface area contributed by atoms with Crippen molar-refractivity contribution >= 4 is 17.4 Å². The Morgan fingerprint density at radius 1 is 1.20 bits per heavy atom. The average molecular weight is 275 g/mol. The third kappa shape index (κ3) is 2.23. The fourth-order valence-electron chi connectivity index (χ4n) is 3.15. The van der Waals surface area contributed by atoms with Crippen molar-refractivity contribution in [2.24, 2.45) is 0 Å². The number of morpholine rings is 1. The number of quaternary nitrogens is 1. The number of benzene rings is 1. The Kier molecular flexibility index (Phi) is 3.31. The number of ether oxygens (including phenoxy) is 1. The highest BCUT2D eigenvalue weighted by Crippen LogP contribution is 2.27. The summed E-state index contributed by atoms with van der Waals surface area (Å²) in [5.74, 6) is -0.806. The molecule has 0 spiro atoms. The summed E-state index contributed by atoms with van der Waals surface area (Å²) in [6.07, 6.45) is 0.356. The Morgan fingerprint density at radius 3 is 2.55 bits per heavy atom. The van der Waals surface area contributed by atoms with E-state index in [0.29, 0.717) is 12.2 Å². The van der Waals surface area contributed by atoms with Crippen LogP contribution >= 0.6 is 0 Å². The number of fused-ring (bicyclic) bond motifs is 1. The maximum Gasteiger partial charge on any atom is 0.303 e. The van der Waals surface area contributed by atoms with Crippen molar-refractivity contribution in [3.63, 3.8) is 0 Å². The third-order valence-corrected chi connectivity index (χ3v) is 3.88. The van der Waals surface area contributed by atoms with E-state index in [9.17, 15) is 9.59 Å². The predicted octanol–water partition coefficient (Wildman–Crippen LogP) is -0.134. The van der Waals surface area contributed by atoms with E-state index in [4.69, 9.17) is 4.74 Å². The van der Waals surface area contributed by atoms with Gasteiger partial charge in [0, 0.05) is 0 Å². The Bertz CT molecular complexity index is 548. The summed E-state index contributed by atoms with van der Waals surface area (Å²) >= 11 is 0. The molecule has 2 heterocycles. The number of hydrogen-bond donors (Lipinski definition) is 1. The van der Waals surface area contributed by atoms with Crippen LogP contribution in [0, 0.1) is 0 Å². The van der Waals surface area contributed by atoms with Crippen LogP contribution in [0.1, 0.15) is 24.2 Å². The SMILES string of the molecule is CC1C[NH+](CN2C(=O)C(=O)c3ccccc32)CC(C)O1. The van der Waals surface area contributed by atoms with Crippen molar-refractivity contribution in [2.75, 3.05) is 24.7 Å². The molecule has 2 unspecified atom stereocenters. The molecule has 1 amide bonds. The van der Waals surface area contributed by atoms with Crippen LogP contribution in [0.25, 0.3) is 0 Å². The second-order valence-electron chi connectivity index (χ2n) is 5.65. The van der Waals surface area contributed by atoms with Gasteiger partial charge in [-0.15, -0.1) is 0 Å². The van der Waals surface area contributed by atoms with Gasteiger partial charge in [-0.2, -0.15) is 0 Å². The summed E-state index contributed by atoms with van der Waals surface area (Å²) in [4.78, 5) is 27.0. The largest absolute Gasteiger partial charge is 0.364 e. The highest BCUT2D eigenvalue weighted by molar-refractivity contribution is 6.52. The molecule has 2 aliphatic heterocycles. The highest BCUT2D eigenvalue weighted by atomic mass is 16.5. The van der Waals surface area contributed by atoms with E-state index in [1.54, 1.807) is 17.0 Å². The molecule has 0 aliphatic carbocycles. The minimum Gasteiger partial charge on any atom is -0.364 e. The molecule has 106 valence electrons. The number of amides is 1. The molecule has 1 aromatic rings. The highest BCUT2D eigenvalue weighted by Gasteiger charge is 2.38. The lowest BCUT2D eigenvalue weighted by atomic mass is 10.1. The zero-order chi connectivity index (χ0) is 14.3. The minimum absolute atomic E-state index is 0.178. The first-order chi connectivity index (χ1) is 9.56. The van der Waals surface area contributed by atoms with Gasteiger partial charge in [-0.3, -0.25) is 14.5 Å². The van der Waals surface area contributed by atoms with Gasteiger partial charge in [0.15, 0.2) is 6.67 Å². The zero-order valence-corrected chi connectivity index (χ0v) is 11.8. The lowest BCUT2D eigenvalue weighted by Gasteiger charge is -2.34. The zero-order valence-electron chi connectivity index (χ0n) is 11.8. The number of carbonyl (C=O) groups is 2. The van der Waals surface area contributed by atoms with E-state index >= 15 is 0 Å². The number of para-hydroxylation sites is 1. The molecule has 0 saturated carbocycles. The number of ketones is 1. The minimum atomic E-state index is -0.412. The van der Waals surface area contributed by atoms with E-state index < -0.39 is 11.7 Å². The maximum atomic E-state index is 12.1. The van der Waals surface area contributed by atoms with Crippen molar-refractivity contribution in [1.29, 1.82) is 0 Å². The van der Waals surface area contributed by atoms with Crippen molar-refractivity contribution in [2.45, 2.75) is 26.1 Å². The van der Waals surface area contributed by atoms with Crippen molar-refractivity contribution in [3.8, 4) is 0 Å². The Hall–Kier alpha value is -1.72. The molecule has 2 aliphatic rings. The number of Topliss-reactive ketones (excluding diaryl/α,β-unsaturated/α-hetero) is 1. The Labute approximate surface area is 118 Å². The van der Waals surface area contributed by atoms with Crippen LogP contribution in [0.4, 0.5) is 5.69 Å². The number of nitrogens with one attached hydrogen (secondary N) is 1. The Balaban J connectivity index is 1.81. The molecule has 1 N–H and O–H groups in total. The van der Waals surface area contributed by atoms with Crippen molar-refractivity contribution in [1.82, 2.24) is 0 Å². The first-order valence-corrected chi connectivity index (χ1v) is 7.00. The van der Waals surface area contributed by atoms with Gasteiger partial charge in [0.05, 0.1) is 11.3 Å². The number of carbonyl (C=O) groups excluding carboxylic acids is 2. The monoisotopic (exact) mass is 275 g/mol. The molecule has 1 fully saturated rings. The summed E-state index contributed by atoms with van der Waals surface area (Å²) in [7, 11) is 0. The van der Waals surface area contributed by atoms with E-state index in [1.807, 2.05) is 26.0 Å². The van der Waals surface area contributed by atoms with Crippen LogP contribution in [-0.2, 0) is 9.53 Å². The van der Waals surface area contributed by atoms with Gasteiger partial charge in [0.2, 0.25) is 0 Å². The lowest BCUT2D eigenvalue weighted by molar-refractivity contribution is -0.913. The van der Waals surface area contributed by atoms with Gasteiger partial charge in [0.1, 0.15) is 25.3 Å². The standard InChI is InChI=1S/C15H18N2O3/c1-10-7-16(8-11(2)20-10)9-17-13-6-4-3-5-12(13)14(18)15(17)19/h3-6,10-11H,7-9H2,1-2H3/p+1. The molecule has 1 saturated heterocycles. The summed E-state index contributed by atoms with van der Waals surface area (Å²) in [5.41, 5.74) is 1.26. The number of anilines is 1. The van der Waals surface area contributed by atoms with Gasteiger partial charge < -0.3 is 9.64 Å². The molecule has 0 radical (unpaired) electrons. The van der Waals surface area contributed by atoms with Crippen LogP contribution < -0.4 is 9.80 Å². The van der Waals surface area contributed by atoms with Crippen LogP contribution in [0.15, 0.2) is 24.3 Å². The van der Waals surface area contributed by atoms with Crippen LogP contribution in [0.5, 0.6) is 0 Å². The molecular weight excluding hydrogens is 256 g/mol. The second kappa shape index (κ2) is 5.00. The van der Waals surface area contributed by atoms with Crippen LogP contribution in [0.2, 0.25) is 0 Å². The summed E-state index contributed by atoms with van der Waals surface area (Å²) in [6, 6.07) is 7.21. The molecule has 1 aromatic carbocycles. The lowest BCUT2D eigenvalue weighted by Crippen LogP contribution is -3.17. The number of hydrogen-bond acceptors (Lipinski definition) is 3. The molecule has 5 heteroatoms. The topological polar surface area (TPSA) is 51.0 Å². The normalized spacial score (nSPS) is 29.7. The molecular formula is C15H19N2O3+. The van der Waals surface area contributed by atoms with E-state index in [0.717, 1.165) is 18.8 Å². The summed E-state index contributed by atoms with van der Waals surface area (Å²) < 4.78 is 5.71. The maximum absolute atomic E-state index is 12.1. The smallest absolute Gasteiger partial charge is 0.303 e. The second-order valence-corrected chi connectivity index (χ2v) is 5.65. The molecule has 20 heavy (non-hydrogen) atoms. The first kappa shape index (κ1) is 13.3. The van der Waals surface area contributed by atoms with E-state index in [2.05, 4.69) is 0 Å². The number of nitrogens with zero attached hydrogens (tertiary/aromatic N) is 1. The van der Waals surface area contributed by atoms with Crippen molar-refractivity contribution < 1.29 is 19.2 Å². The molecule has 5 nitrogen and oxygen atoms in total. The third-order valence-electron chi connectivity index (χ3n) is 3.88. The van der Waals surface area contributed by atoms with Crippen molar-refractivity contribution in [3.05, 3.63) is 29.8 Å². The quantitative estimate of drug-likeness (QED) is 0.765. The summed E-state index contributed by atoms with van der Waals surface area (Å²) in [6.45, 7) is 6.32. The van der Waals surface area contributed by atoms with Gasteiger partial charge >= 0.3 is 5.91 Å². The first-order valence-electron chi connectivity index (χ1n) is 7.00. The van der Waals surface area contributed by atoms with E-state index in [1.165, 1.54) is 4.90 Å². The average Bonchev–Trinajstić information content (AvgIpc) is 2.64. The van der Waals surface area contributed by atoms with Gasteiger partial charge in [-0.25, -0.2) is 0 Å². The molecule has 0 bridgehead atoms. The number of rotatable bonds is 2. The van der Waals surface area contributed by atoms with E-state index in [-0.39, 0.29) is 12.2 Å². The van der Waals surface area contributed by atoms with Gasteiger partial charge in [-0.05, 0) is 26.0 Å².